The first-order chi connectivity index (χ1) is 12.3. The summed E-state index contributed by atoms with van der Waals surface area (Å²) in [6, 6.07) is 15.8. The highest BCUT2D eigenvalue weighted by molar-refractivity contribution is 5.92. The molecule has 0 saturated carbocycles. The summed E-state index contributed by atoms with van der Waals surface area (Å²) < 4.78 is 5.79. The fourth-order valence-electron chi connectivity index (χ4n) is 2.74. The summed E-state index contributed by atoms with van der Waals surface area (Å²) in [5, 5.41) is 6.33. The number of carbonyl (C=O) groups is 1. The van der Waals surface area contributed by atoms with Crippen LogP contribution in [0.3, 0.4) is 0 Å². The van der Waals surface area contributed by atoms with Crippen molar-refractivity contribution >= 4 is 17.3 Å². The second-order valence-corrected chi connectivity index (χ2v) is 7.68. The number of hydrogen-bond acceptors (Lipinski definition) is 3. The van der Waals surface area contributed by atoms with Gasteiger partial charge in [0.1, 0.15) is 5.75 Å². The molecule has 2 N–H and O–H groups in total. The predicted molar refractivity (Wildman–Crippen MR) is 109 cm³/mol. The Morgan fingerprint density at radius 1 is 1.00 bits per heavy atom. The van der Waals surface area contributed by atoms with Crippen LogP contribution in [0, 0.1) is 0 Å². The quantitative estimate of drug-likeness (QED) is 0.717. The van der Waals surface area contributed by atoms with Gasteiger partial charge in [-0.15, -0.1) is 0 Å². The Morgan fingerprint density at radius 3 is 2.27 bits per heavy atom. The molecule has 2 rings (SSSR count). The van der Waals surface area contributed by atoms with Crippen molar-refractivity contribution in [1.29, 1.82) is 0 Å². The number of ether oxygens (including phenoxy) is 1. The molecule has 2 aromatic rings. The second-order valence-electron chi connectivity index (χ2n) is 7.68. The van der Waals surface area contributed by atoms with E-state index in [0.29, 0.717) is 13.0 Å². The van der Waals surface area contributed by atoms with E-state index in [-0.39, 0.29) is 17.4 Å². The van der Waals surface area contributed by atoms with Gasteiger partial charge >= 0.3 is 0 Å². The molecule has 4 heteroatoms. The highest BCUT2D eigenvalue weighted by Crippen LogP contribution is 2.29. The molecular weight excluding hydrogens is 324 g/mol. The molecule has 0 atom stereocenters. The van der Waals surface area contributed by atoms with Gasteiger partial charge in [-0.2, -0.15) is 0 Å². The monoisotopic (exact) mass is 354 g/mol. The molecule has 0 radical (unpaired) electrons. The third kappa shape index (κ3) is 5.80. The fourth-order valence-corrected chi connectivity index (χ4v) is 2.74. The molecule has 26 heavy (non-hydrogen) atoms. The molecule has 0 saturated heterocycles. The number of benzene rings is 2. The number of para-hydroxylation sites is 3. The summed E-state index contributed by atoms with van der Waals surface area (Å²) >= 11 is 0. The summed E-state index contributed by atoms with van der Waals surface area (Å²) in [5.41, 5.74) is 2.91. The lowest BCUT2D eigenvalue weighted by atomic mass is 9.86. The van der Waals surface area contributed by atoms with Crippen LogP contribution in [0.5, 0.6) is 5.75 Å². The van der Waals surface area contributed by atoms with Gasteiger partial charge in [0.25, 0.3) is 0 Å². The van der Waals surface area contributed by atoms with E-state index in [1.165, 1.54) is 0 Å². The molecule has 0 unspecified atom stereocenters. The first kappa shape index (κ1) is 19.8. The van der Waals surface area contributed by atoms with Gasteiger partial charge < -0.3 is 15.4 Å². The van der Waals surface area contributed by atoms with Crippen LogP contribution in [-0.4, -0.2) is 18.6 Å². The second kappa shape index (κ2) is 8.75. The van der Waals surface area contributed by atoms with Gasteiger partial charge in [-0.3, -0.25) is 4.79 Å². The molecule has 140 valence electrons. The van der Waals surface area contributed by atoms with Crippen molar-refractivity contribution in [2.24, 2.45) is 0 Å². The average molecular weight is 354 g/mol. The molecule has 1 amide bonds. The summed E-state index contributed by atoms with van der Waals surface area (Å²) in [7, 11) is 0. The van der Waals surface area contributed by atoms with Crippen LogP contribution >= 0.6 is 0 Å². The minimum Gasteiger partial charge on any atom is -0.489 e. The highest BCUT2D eigenvalue weighted by atomic mass is 16.5. The smallest absolute Gasteiger partial charge is 0.226 e. The number of hydrogen-bond donors (Lipinski definition) is 2. The van der Waals surface area contributed by atoms with Crippen LogP contribution in [0.2, 0.25) is 0 Å². The predicted octanol–water partition coefficient (Wildman–Crippen LogP) is 5.21. The zero-order chi connectivity index (χ0) is 19.2. The van der Waals surface area contributed by atoms with Crippen molar-refractivity contribution in [2.75, 3.05) is 17.2 Å². The minimum atomic E-state index is -0.0186. The Balaban J connectivity index is 1.93. The molecule has 0 aromatic heterocycles. The Hall–Kier alpha value is -2.49. The molecule has 0 aliphatic carbocycles. The summed E-state index contributed by atoms with van der Waals surface area (Å²) in [6.07, 6.45) is 0.490. The largest absolute Gasteiger partial charge is 0.489 e. The zero-order valence-electron chi connectivity index (χ0n) is 16.4. The first-order valence-corrected chi connectivity index (χ1v) is 9.16. The summed E-state index contributed by atoms with van der Waals surface area (Å²) in [5.74, 6) is 0.803. The summed E-state index contributed by atoms with van der Waals surface area (Å²) in [6.45, 7) is 11.0. The van der Waals surface area contributed by atoms with E-state index in [1.54, 1.807) is 0 Å². The average Bonchev–Trinajstić information content (AvgIpc) is 2.55. The van der Waals surface area contributed by atoms with Crippen molar-refractivity contribution in [1.82, 2.24) is 0 Å². The van der Waals surface area contributed by atoms with Crippen LogP contribution in [0.25, 0.3) is 0 Å². The van der Waals surface area contributed by atoms with Gasteiger partial charge in [0.05, 0.1) is 11.8 Å². The van der Waals surface area contributed by atoms with E-state index < -0.39 is 0 Å². The van der Waals surface area contributed by atoms with Crippen LogP contribution in [-0.2, 0) is 10.2 Å². The van der Waals surface area contributed by atoms with Crippen molar-refractivity contribution in [3.8, 4) is 5.75 Å². The topological polar surface area (TPSA) is 50.4 Å². The molecule has 4 nitrogen and oxygen atoms in total. The molecule has 0 heterocycles. The molecule has 0 bridgehead atoms. The van der Waals surface area contributed by atoms with E-state index in [4.69, 9.17) is 4.74 Å². The van der Waals surface area contributed by atoms with Crippen molar-refractivity contribution in [3.63, 3.8) is 0 Å². The van der Waals surface area contributed by atoms with E-state index in [2.05, 4.69) is 37.5 Å². The fraction of sp³-hybridized carbons (Fsp3) is 0.409. The Morgan fingerprint density at radius 2 is 1.62 bits per heavy atom. The van der Waals surface area contributed by atoms with E-state index >= 15 is 0 Å². The van der Waals surface area contributed by atoms with E-state index in [9.17, 15) is 4.79 Å². The van der Waals surface area contributed by atoms with Crippen molar-refractivity contribution in [2.45, 2.75) is 52.6 Å². The molecular formula is C22H30N2O2. The Bertz CT molecular complexity index is 733. The van der Waals surface area contributed by atoms with Crippen LogP contribution in [0.1, 0.15) is 46.6 Å². The third-order valence-corrected chi connectivity index (χ3v) is 3.93. The lowest BCUT2D eigenvalue weighted by Gasteiger charge is -2.23. The maximum Gasteiger partial charge on any atom is 0.226 e. The van der Waals surface area contributed by atoms with Crippen LogP contribution < -0.4 is 15.4 Å². The van der Waals surface area contributed by atoms with Crippen molar-refractivity contribution in [3.05, 3.63) is 54.1 Å². The van der Waals surface area contributed by atoms with Crippen LogP contribution in [0.15, 0.2) is 48.5 Å². The number of nitrogens with one attached hydrogen (secondary N) is 2. The molecule has 0 fully saturated rings. The standard InChI is InChI=1S/C22H30N2O2/c1-16(2)26-20-13-9-8-12-19(20)23-15-14-21(25)24-18-11-7-6-10-17(18)22(3,4)5/h6-13,16,23H,14-15H2,1-5H3,(H,24,25). The number of amides is 1. The lowest BCUT2D eigenvalue weighted by molar-refractivity contribution is -0.115. The van der Waals surface area contributed by atoms with Crippen LogP contribution in [0.4, 0.5) is 11.4 Å². The van der Waals surface area contributed by atoms with Gasteiger partial charge in [-0.05, 0) is 43.0 Å². The number of rotatable bonds is 7. The van der Waals surface area contributed by atoms with Gasteiger partial charge in [0.15, 0.2) is 0 Å². The minimum absolute atomic E-state index is 0.00328. The van der Waals surface area contributed by atoms with Gasteiger partial charge in [-0.25, -0.2) is 0 Å². The van der Waals surface area contributed by atoms with Gasteiger partial charge in [0, 0.05) is 18.7 Å². The third-order valence-electron chi connectivity index (χ3n) is 3.93. The number of carbonyl (C=O) groups excluding carboxylic acids is 1. The normalized spacial score (nSPS) is 11.3. The molecule has 0 aliphatic rings. The zero-order valence-corrected chi connectivity index (χ0v) is 16.4. The molecule has 0 aliphatic heterocycles. The first-order valence-electron chi connectivity index (χ1n) is 9.16. The molecule has 0 spiro atoms. The SMILES string of the molecule is CC(C)Oc1ccccc1NCCC(=O)Nc1ccccc1C(C)(C)C. The summed E-state index contributed by atoms with van der Waals surface area (Å²) in [4.78, 5) is 12.4. The lowest BCUT2D eigenvalue weighted by Crippen LogP contribution is -2.20. The van der Waals surface area contributed by atoms with Crippen molar-refractivity contribution < 1.29 is 9.53 Å². The van der Waals surface area contributed by atoms with E-state index in [0.717, 1.165) is 22.7 Å². The highest BCUT2D eigenvalue weighted by Gasteiger charge is 2.18. The van der Waals surface area contributed by atoms with E-state index in [1.807, 2.05) is 56.3 Å². The Labute approximate surface area is 157 Å². The maximum atomic E-state index is 12.4. The van der Waals surface area contributed by atoms with Gasteiger partial charge in [0.2, 0.25) is 5.91 Å². The number of anilines is 2. The maximum absolute atomic E-state index is 12.4. The Kier molecular flexibility index (Phi) is 6.67. The molecule has 2 aromatic carbocycles. The van der Waals surface area contributed by atoms with Gasteiger partial charge in [-0.1, -0.05) is 51.1 Å².